The Morgan fingerprint density at radius 1 is 1.12 bits per heavy atom. The van der Waals surface area contributed by atoms with Crippen molar-refractivity contribution in [3.63, 3.8) is 0 Å². The van der Waals surface area contributed by atoms with Crippen LogP contribution in [0.15, 0.2) is 0 Å². The van der Waals surface area contributed by atoms with Crippen molar-refractivity contribution in [2.24, 2.45) is 0 Å². The van der Waals surface area contributed by atoms with Gasteiger partial charge in [0.05, 0.1) is 12.2 Å². The molecule has 0 aromatic heterocycles. The summed E-state index contributed by atoms with van der Waals surface area (Å²) in [6.07, 6.45) is 6.62. The van der Waals surface area contributed by atoms with E-state index in [1.807, 2.05) is 0 Å². The van der Waals surface area contributed by atoms with E-state index in [1.54, 1.807) is 0 Å². The van der Waals surface area contributed by atoms with Gasteiger partial charge in [0.2, 0.25) is 5.91 Å². The highest BCUT2D eigenvalue weighted by Gasteiger charge is 2.40. The molecule has 1 heterocycles. The van der Waals surface area contributed by atoms with Gasteiger partial charge in [-0.25, -0.2) is 0 Å². The number of carbonyl (C=O) groups is 1. The lowest BCUT2D eigenvalue weighted by atomic mass is 10.1. The zero-order chi connectivity index (χ0) is 12.8. The molecule has 2 atom stereocenters. The lowest BCUT2D eigenvalue weighted by molar-refractivity contribution is -0.132. The van der Waals surface area contributed by atoms with Gasteiger partial charge in [0.15, 0.2) is 0 Å². The molecule has 0 aromatic rings. The Labute approximate surface area is 106 Å². The first-order chi connectivity index (χ1) is 8.19. The molecule has 0 radical (unpaired) electrons. The lowest BCUT2D eigenvalue weighted by Gasteiger charge is -2.31. The Hall–Kier alpha value is -0.570. The van der Waals surface area contributed by atoms with Crippen LogP contribution in [0.5, 0.6) is 0 Å². The second-order valence-electron chi connectivity index (χ2n) is 5.03. The van der Waals surface area contributed by atoms with E-state index in [4.69, 9.17) is 0 Å². The number of carbonyl (C=O) groups excluding carboxylic acids is 1. The number of nitrogens with one attached hydrogen (secondary N) is 1. The van der Waals surface area contributed by atoms with Crippen LogP contribution in [-0.4, -0.2) is 29.1 Å². The molecule has 1 rings (SSSR count). The van der Waals surface area contributed by atoms with Gasteiger partial charge in [-0.05, 0) is 25.7 Å². The van der Waals surface area contributed by atoms with Crippen LogP contribution in [-0.2, 0) is 4.79 Å². The zero-order valence-electron chi connectivity index (χ0n) is 11.8. The number of hydrogen-bond donors (Lipinski definition) is 1. The number of nitrogens with zero attached hydrogens (tertiary/aromatic N) is 1. The van der Waals surface area contributed by atoms with Gasteiger partial charge in [-0.1, -0.05) is 40.5 Å². The predicted octanol–water partition coefficient (Wildman–Crippen LogP) is 2.90. The first kappa shape index (κ1) is 14.5. The molecule has 2 unspecified atom stereocenters. The van der Waals surface area contributed by atoms with Crippen LogP contribution in [0, 0.1) is 0 Å². The SMILES string of the molecule is CCCC1NC(CCC)N(C(CC)CC)C1=O. The smallest absolute Gasteiger partial charge is 0.241 e. The normalized spacial score (nSPS) is 25.0. The molecule has 100 valence electrons. The summed E-state index contributed by atoms with van der Waals surface area (Å²) in [4.78, 5) is 14.5. The van der Waals surface area contributed by atoms with Crippen molar-refractivity contribution in [3.8, 4) is 0 Å². The minimum Gasteiger partial charge on any atom is -0.323 e. The third kappa shape index (κ3) is 3.21. The van der Waals surface area contributed by atoms with Gasteiger partial charge < -0.3 is 4.90 Å². The second kappa shape index (κ2) is 7.00. The van der Waals surface area contributed by atoms with Crippen molar-refractivity contribution in [1.29, 1.82) is 0 Å². The summed E-state index contributed by atoms with van der Waals surface area (Å²) in [6, 6.07) is 0.477. The number of hydrogen-bond acceptors (Lipinski definition) is 2. The Kier molecular flexibility index (Phi) is 5.96. The molecule has 1 amide bonds. The molecule has 3 nitrogen and oxygen atoms in total. The first-order valence-electron chi connectivity index (χ1n) is 7.27. The van der Waals surface area contributed by atoms with Crippen molar-refractivity contribution < 1.29 is 4.79 Å². The van der Waals surface area contributed by atoms with Crippen LogP contribution in [0.2, 0.25) is 0 Å². The van der Waals surface area contributed by atoms with Gasteiger partial charge >= 0.3 is 0 Å². The lowest BCUT2D eigenvalue weighted by Crippen LogP contribution is -2.44. The van der Waals surface area contributed by atoms with Crippen LogP contribution in [0.3, 0.4) is 0 Å². The molecule has 17 heavy (non-hydrogen) atoms. The van der Waals surface area contributed by atoms with Crippen LogP contribution in [0.4, 0.5) is 0 Å². The molecule has 0 aliphatic carbocycles. The number of rotatable bonds is 7. The van der Waals surface area contributed by atoms with Crippen LogP contribution in [0.25, 0.3) is 0 Å². The fraction of sp³-hybridized carbons (Fsp3) is 0.929. The Morgan fingerprint density at radius 2 is 1.71 bits per heavy atom. The third-order valence-electron chi connectivity index (χ3n) is 3.76. The maximum atomic E-state index is 12.4. The van der Waals surface area contributed by atoms with Gasteiger partial charge in [0, 0.05) is 6.04 Å². The molecule has 1 aliphatic heterocycles. The fourth-order valence-corrected chi connectivity index (χ4v) is 2.83. The van der Waals surface area contributed by atoms with E-state index in [1.165, 1.54) is 0 Å². The van der Waals surface area contributed by atoms with E-state index < -0.39 is 0 Å². The molecule has 0 saturated carbocycles. The van der Waals surface area contributed by atoms with E-state index >= 15 is 0 Å². The zero-order valence-corrected chi connectivity index (χ0v) is 11.8. The summed E-state index contributed by atoms with van der Waals surface area (Å²) in [6.45, 7) is 8.68. The van der Waals surface area contributed by atoms with Crippen molar-refractivity contribution >= 4 is 5.91 Å². The maximum absolute atomic E-state index is 12.4. The Bertz CT molecular complexity index is 238. The molecule has 0 bridgehead atoms. The summed E-state index contributed by atoms with van der Waals surface area (Å²) in [5, 5.41) is 3.52. The second-order valence-corrected chi connectivity index (χ2v) is 5.03. The molecular formula is C14H28N2O. The predicted molar refractivity (Wildman–Crippen MR) is 71.7 cm³/mol. The standard InChI is InChI=1S/C14H28N2O/c1-5-9-12-14(17)16(11(7-3)8-4)13(15-12)10-6-2/h11-13,15H,5-10H2,1-4H3. The summed E-state index contributed by atoms with van der Waals surface area (Å²) >= 11 is 0. The molecular weight excluding hydrogens is 212 g/mol. The highest BCUT2D eigenvalue weighted by Crippen LogP contribution is 2.23. The molecule has 1 aliphatic rings. The summed E-state index contributed by atoms with van der Waals surface area (Å²) in [5.74, 6) is 0.332. The largest absolute Gasteiger partial charge is 0.323 e. The van der Waals surface area contributed by atoms with E-state index in [-0.39, 0.29) is 12.2 Å². The number of amides is 1. The summed E-state index contributed by atoms with van der Waals surface area (Å²) in [7, 11) is 0. The molecule has 0 aromatic carbocycles. The highest BCUT2D eigenvalue weighted by molar-refractivity contribution is 5.84. The van der Waals surface area contributed by atoms with Gasteiger partial charge in [-0.15, -0.1) is 0 Å². The Balaban J connectivity index is 2.77. The highest BCUT2D eigenvalue weighted by atomic mass is 16.2. The molecule has 1 fully saturated rings. The topological polar surface area (TPSA) is 32.3 Å². The van der Waals surface area contributed by atoms with Crippen LogP contribution >= 0.6 is 0 Å². The first-order valence-corrected chi connectivity index (χ1v) is 7.27. The van der Waals surface area contributed by atoms with Crippen LogP contribution in [0.1, 0.15) is 66.2 Å². The van der Waals surface area contributed by atoms with Crippen molar-refractivity contribution in [1.82, 2.24) is 10.2 Å². The minimum atomic E-state index is 0.0668. The summed E-state index contributed by atoms with van der Waals surface area (Å²) < 4.78 is 0. The van der Waals surface area contributed by atoms with Crippen molar-refractivity contribution in [2.75, 3.05) is 0 Å². The maximum Gasteiger partial charge on any atom is 0.241 e. The quantitative estimate of drug-likeness (QED) is 0.742. The molecule has 3 heteroatoms. The van der Waals surface area contributed by atoms with E-state index in [2.05, 4.69) is 37.9 Å². The van der Waals surface area contributed by atoms with Crippen molar-refractivity contribution in [3.05, 3.63) is 0 Å². The van der Waals surface area contributed by atoms with Crippen LogP contribution < -0.4 is 5.32 Å². The van der Waals surface area contributed by atoms with Gasteiger partial charge in [-0.3, -0.25) is 10.1 Å². The van der Waals surface area contributed by atoms with Crippen molar-refractivity contribution in [2.45, 2.75) is 84.5 Å². The Morgan fingerprint density at radius 3 is 2.18 bits per heavy atom. The molecule has 0 spiro atoms. The molecule has 1 N–H and O–H groups in total. The van der Waals surface area contributed by atoms with Gasteiger partial charge in [-0.2, -0.15) is 0 Å². The minimum absolute atomic E-state index is 0.0668. The monoisotopic (exact) mass is 240 g/mol. The molecule has 1 saturated heterocycles. The third-order valence-corrected chi connectivity index (χ3v) is 3.76. The summed E-state index contributed by atoms with van der Waals surface area (Å²) in [5.41, 5.74) is 0. The van der Waals surface area contributed by atoms with E-state index in [0.717, 1.165) is 38.5 Å². The van der Waals surface area contributed by atoms with Gasteiger partial charge in [0.25, 0.3) is 0 Å². The van der Waals surface area contributed by atoms with Gasteiger partial charge in [0.1, 0.15) is 0 Å². The van der Waals surface area contributed by atoms with E-state index in [0.29, 0.717) is 11.9 Å². The average molecular weight is 240 g/mol. The fourth-order valence-electron chi connectivity index (χ4n) is 2.83. The average Bonchev–Trinajstić information content (AvgIpc) is 2.61. The van der Waals surface area contributed by atoms with E-state index in [9.17, 15) is 4.79 Å².